The molecular formula is H7NO6Tl. The minimum Gasteiger partial charge on any atom is -0.412 e. The van der Waals surface area contributed by atoms with E-state index in [4.69, 9.17) is 15.3 Å². The van der Waals surface area contributed by atoms with Crippen LogP contribution < -0.4 is 0 Å². The molecule has 0 spiro atoms. The second-order valence-electron chi connectivity index (χ2n) is 0.238. The van der Waals surface area contributed by atoms with Gasteiger partial charge < -0.3 is 21.6 Å². The maximum absolute atomic E-state index is 8.36. The van der Waals surface area contributed by atoms with Crippen LogP contribution in [0.2, 0.25) is 0 Å². The van der Waals surface area contributed by atoms with Gasteiger partial charge in [-0.3, -0.25) is 0 Å². The third kappa shape index (κ3) is 34800000. The number of nitrogens with zero attached hydrogens (tertiary/aromatic N) is 1. The van der Waals surface area contributed by atoms with Crippen LogP contribution in [0.1, 0.15) is 0 Å². The second-order valence-corrected chi connectivity index (χ2v) is 0.238. The zero-order valence-electron chi connectivity index (χ0n) is 3.79. The Morgan fingerprint density at radius 3 is 1.25 bits per heavy atom. The summed E-state index contributed by atoms with van der Waals surface area (Å²) in [5, 5.41) is 13.6. The van der Waals surface area contributed by atoms with Crippen molar-refractivity contribution < 1.29 is 26.7 Å². The van der Waals surface area contributed by atoms with E-state index < -0.39 is 5.09 Å². The summed E-state index contributed by atoms with van der Waals surface area (Å²) in [6.45, 7) is 0. The van der Waals surface area contributed by atoms with Gasteiger partial charge in [-0.25, -0.2) is 0 Å². The van der Waals surface area contributed by atoms with Gasteiger partial charge in [0.25, 0.3) is 5.09 Å². The Bertz CT molecular complexity index is 31.5. The first-order chi connectivity index (χ1) is 1.73. The quantitative estimate of drug-likeness (QED) is 0.283. The molecule has 0 rings (SSSR count). The van der Waals surface area contributed by atoms with Crippen molar-refractivity contribution in [3.05, 3.63) is 10.1 Å². The molecule has 8 heavy (non-hydrogen) atoms. The van der Waals surface area contributed by atoms with E-state index in [9.17, 15) is 0 Å². The van der Waals surface area contributed by atoms with Crippen molar-refractivity contribution in [1.82, 2.24) is 0 Å². The van der Waals surface area contributed by atoms with Gasteiger partial charge in [0.2, 0.25) is 0 Å². The van der Waals surface area contributed by atoms with Gasteiger partial charge in [0.05, 0.1) is 0 Å². The molecule has 1 radical (unpaired) electrons. The van der Waals surface area contributed by atoms with Crippen LogP contribution in [0.5, 0.6) is 0 Å². The van der Waals surface area contributed by atoms with Crippen LogP contribution in [0.25, 0.3) is 0 Å². The van der Waals surface area contributed by atoms with Crippen molar-refractivity contribution in [3.8, 4) is 0 Å². The number of hydrogen-bond acceptors (Lipinski definition) is 2. The van der Waals surface area contributed by atoms with Gasteiger partial charge in [0.15, 0.2) is 0 Å². The van der Waals surface area contributed by atoms with Crippen LogP contribution >= 0.6 is 0 Å². The Kier molecular flexibility index (Phi) is 152. The molecule has 0 aliphatic heterocycles. The molecule has 0 aromatic rings. The molecule has 8 heteroatoms. The molecule has 0 saturated carbocycles. The van der Waals surface area contributed by atoms with Gasteiger partial charge in [-0.1, -0.05) is 0 Å². The number of rotatable bonds is 0. The standard InChI is InChI=1S/HNO3.3H2O.Tl/c2-1(3)4;;;;/h(H,2,3,4);3*1H2;. The zero-order chi connectivity index (χ0) is 3.58. The molecule has 0 aromatic heterocycles. The molecule has 7 nitrogen and oxygen atoms in total. The van der Waals surface area contributed by atoms with E-state index in [2.05, 4.69) is 0 Å². The molecule has 0 saturated heterocycles. The largest absolute Gasteiger partial charge is 0.412 e. The summed E-state index contributed by atoms with van der Waals surface area (Å²) in [7, 11) is 0. The fraction of sp³-hybridized carbons (Fsp3) is 0. The predicted molar refractivity (Wildman–Crippen MR) is 25.4 cm³/mol. The van der Waals surface area contributed by atoms with E-state index in [1.165, 1.54) is 0 Å². The Labute approximate surface area is 64.5 Å². The van der Waals surface area contributed by atoms with Gasteiger partial charge in [0, 0.05) is 27.3 Å². The molecule has 0 aliphatic carbocycles. The molecular weight excluding hydrogens is 314 g/mol. The zero-order valence-corrected chi connectivity index (χ0v) is 8.28. The Morgan fingerprint density at radius 1 is 1.25 bits per heavy atom. The van der Waals surface area contributed by atoms with Gasteiger partial charge in [-0.05, 0) is 0 Å². The van der Waals surface area contributed by atoms with Gasteiger partial charge in [-0.15, -0.1) is 10.1 Å². The third-order valence-corrected chi connectivity index (χ3v) is 0. The van der Waals surface area contributed by atoms with E-state index in [1.54, 1.807) is 0 Å². The molecule has 0 fully saturated rings. The average molecular weight is 321 g/mol. The Morgan fingerprint density at radius 2 is 1.25 bits per heavy atom. The summed E-state index contributed by atoms with van der Waals surface area (Å²) < 4.78 is 0. The van der Waals surface area contributed by atoms with Crippen molar-refractivity contribution in [1.29, 1.82) is 0 Å². The van der Waals surface area contributed by atoms with Crippen molar-refractivity contribution in [2.24, 2.45) is 0 Å². The van der Waals surface area contributed by atoms with Crippen molar-refractivity contribution in [3.63, 3.8) is 0 Å². The molecule has 0 bridgehead atoms. The van der Waals surface area contributed by atoms with E-state index in [-0.39, 0.29) is 43.7 Å². The molecule has 7 N–H and O–H groups in total. The SMILES string of the molecule is O.O.O.O=[N+]([O-])O.[Tl]. The van der Waals surface area contributed by atoms with Crippen LogP contribution in [-0.2, 0) is 0 Å². The van der Waals surface area contributed by atoms with Gasteiger partial charge in [-0.2, -0.15) is 0 Å². The first-order valence-electron chi connectivity index (χ1n) is 0.565. The Hall–Kier alpha value is 0.00208. The minimum absolute atomic E-state index is 0. The smallest absolute Gasteiger partial charge is 0.291 e. The second kappa shape index (κ2) is 28.0. The summed E-state index contributed by atoms with van der Waals surface area (Å²) in [5.41, 5.74) is 0. The molecule has 0 amide bonds. The van der Waals surface area contributed by atoms with E-state index in [1.807, 2.05) is 0 Å². The molecule has 0 aromatic carbocycles. The van der Waals surface area contributed by atoms with Gasteiger partial charge in [0.1, 0.15) is 0 Å². The van der Waals surface area contributed by atoms with Crippen LogP contribution in [0, 0.1) is 10.1 Å². The summed E-state index contributed by atoms with van der Waals surface area (Å²) >= 11 is 0. The molecule has 0 aliphatic rings. The fourth-order valence-corrected chi connectivity index (χ4v) is 0. The first-order valence-corrected chi connectivity index (χ1v) is 0.565. The normalized spacial score (nSPS) is 3.00. The number of hydrogen-bond donors (Lipinski definition) is 1. The summed E-state index contributed by atoms with van der Waals surface area (Å²) in [5.74, 6) is 0. The van der Waals surface area contributed by atoms with E-state index in [0.717, 1.165) is 0 Å². The van der Waals surface area contributed by atoms with Crippen LogP contribution in [0.3, 0.4) is 0 Å². The molecule has 51 valence electrons. The molecule has 0 atom stereocenters. The molecule has 0 heterocycles. The van der Waals surface area contributed by atoms with E-state index in [0.29, 0.717) is 0 Å². The predicted octanol–water partition coefficient (Wildman–Crippen LogP) is -3.20. The monoisotopic (exact) mass is 322 g/mol. The topological polar surface area (TPSA) is 158 Å². The Balaban J connectivity index is -0.00000000750. The maximum atomic E-state index is 8.36. The summed E-state index contributed by atoms with van der Waals surface area (Å²) in [6, 6.07) is 0. The fourth-order valence-electron chi connectivity index (χ4n) is 0. The first kappa shape index (κ1) is 43.5. The van der Waals surface area contributed by atoms with Crippen LogP contribution in [0.4, 0.5) is 0 Å². The van der Waals surface area contributed by atoms with Crippen LogP contribution in [0.15, 0.2) is 0 Å². The summed E-state index contributed by atoms with van der Waals surface area (Å²) in [6.07, 6.45) is 0. The molecule has 0 unspecified atom stereocenters. The average Bonchev–Trinajstić information content (AvgIpc) is 0.811. The van der Waals surface area contributed by atoms with Crippen molar-refractivity contribution in [2.45, 2.75) is 0 Å². The third-order valence-electron chi connectivity index (χ3n) is 0. The van der Waals surface area contributed by atoms with Crippen LogP contribution in [-0.4, -0.2) is 54.0 Å². The van der Waals surface area contributed by atoms with Crippen molar-refractivity contribution >= 4 is 27.3 Å². The van der Waals surface area contributed by atoms with Crippen molar-refractivity contribution in [2.75, 3.05) is 0 Å². The summed E-state index contributed by atoms with van der Waals surface area (Å²) in [4.78, 5) is 8.36. The van der Waals surface area contributed by atoms with E-state index >= 15 is 0 Å². The van der Waals surface area contributed by atoms with Gasteiger partial charge >= 0.3 is 0 Å². The maximum Gasteiger partial charge on any atom is 0.291 e. The minimum atomic E-state index is -1.50.